The molecule has 4 heteroatoms. The summed E-state index contributed by atoms with van der Waals surface area (Å²) in [6.45, 7) is 4.25. The van der Waals surface area contributed by atoms with Gasteiger partial charge in [-0.2, -0.15) is 0 Å². The first-order valence-electron chi connectivity index (χ1n) is 7.60. The number of ketones is 1. The number of carbonyl (C=O) groups is 2. The maximum atomic E-state index is 12.2. The van der Waals surface area contributed by atoms with E-state index >= 15 is 0 Å². The van der Waals surface area contributed by atoms with Crippen LogP contribution in [0.5, 0.6) is 0 Å². The van der Waals surface area contributed by atoms with Crippen LogP contribution in [-0.2, 0) is 9.59 Å². The normalized spacial score (nSPS) is 10.4. The largest absolute Gasteiger partial charge is 0.313 e. The van der Waals surface area contributed by atoms with Crippen molar-refractivity contribution < 1.29 is 9.59 Å². The number of benzene rings is 1. The van der Waals surface area contributed by atoms with E-state index in [0.29, 0.717) is 24.4 Å². The first kappa shape index (κ1) is 17.7. The second-order valence-electron chi connectivity index (χ2n) is 5.23. The Morgan fingerprint density at radius 3 is 2.10 bits per heavy atom. The van der Waals surface area contributed by atoms with E-state index in [-0.39, 0.29) is 11.7 Å². The highest BCUT2D eigenvalue weighted by atomic mass is 35.5. The highest BCUT2D eigenvalue weighted by Crippen LogP contribution is 2.19. The van der Waals surface area contributed by atoms with Crippen LogP contribution in [0.1, 0.15) is 52.4 Å². The van der Waals surface area contributed by atoms with Crippen molar-refractivity contribution in [3.8, 4) is 0 Å². The SMILES string of the molecule is CCN(C(=O)CCCCCCC(C)=O)c1ccc(Cl)cc1. The van der Waals surface area contributed by atoms with Crippen LogP contribution >= 0.6 is 11.6 Å². The van der Waals surface area contributed by atoms with E-state index in [4.69, 9.17) is 11.6 Å². The van der Waals surface area contributed by atoms with Gasteiger partial charge in [-0.15, -0.1) is 0 Å². The van der Waals surface area contributed by atoms with Crippen LogP contribution in [0, 0.1) is 0 Å². The molecule has 1 rings (SSSR count). The molecule has 116 valence electrons. The van der Waals surface area contributed by atoms with Crippen molar-refractivity contribution in [1.82, 2.24) is 0 Å². The molecule has 0 heterocycles. The van der Waals surface area contributed by atoms with Crippen molar-refractivity contribution in [3.05, 3.63) is 29.3 Å². The molecule has 0 fully saturated rings. The lowest BCUT2D eigenvalue weighted by Crippen LogP contribution is -2.30. The standard InChI is InChI=1S/C17H24ClNO2/c1-3-19(16-12-10-15(18)11-13-16)17(21)9-7-5-4-6-8-14(2)20/h10-13H,3-9H2,1-2H3. The van der Waals surface area contributed by atoms with Crippen LogP contribution in [-0.4, -0.2) is 18.2 Å². The number of hydrogen-bond acceptors (Lipinski definition) is 2. The number of unbranched alkanes of at least 4 members (excludes halogenated alkanes) is 3. The van der Waals surface area contributed by atoms with Crippen LogP contribution < -0.4 is 4.90 Å². The van der Waals surface area contributed by atoms with E-state index in [0.717, 1.165) is 31.4 Å². The van der Waals surface area contributed by atoms with Crippen LogP contribution in [0.25, 0.3) is 0 Å². The lowest BCUT2D eigenvalue weighted by atomic mass is 10.1. The summed E-state index contributed by atoms with van der Waals surface area (Å²) in [6.07, 6.45) is 5.02. The monoisotopic (exact) mass is 309 g/mol. The Morgan fingerprint density at radius 1 is 1.00 bits per heavy atom. The second kappa shape index (κ2) is 9.56. The van der Waals surface area contributed by atoms with E-state index < -0.39 is 0 Å². The fourth-order valence-corrected chi connectivity index (χ4v) is 2.39. The van der Waals surface area contributed by atoms with Crippen LogP contribution in [0.2, 0.25) is 5.02 Å². The van der Waals surface area contributed by atoms with Crippen molar-refractivity contribution in [2.45, 2.75) is 52.4 Å². The molecule has 0 spiro atoms. The molecule has 0 saturated carbocycles. The molecule has 1 amide bonds. The molecule has 0 aliphatic heterocycles. The first-order chi connectivity index (χ1) is 10.0. The van der Waals surface area contributed by atoms with Crippen LogP contribution in [0.15, 0.2) is 24.3 Å². The summed E-state index contributed by atoms with van der Waals surface area (Å²) in [7, 11) is 0. The Bertz CT molecular complexity index is 456. The minimum Gasteiger partial charge on any atom is -0.313 e. The van der Waals surface area contributed by atoms with Crippen LogP contribution in [0.3, 0.4) is 0 Å². The maximum Gasteiger partial charge on any atom is 0.226 e. The molecular weight excluding hydrogens is 286 g/mol. The molecule has 1 aromatic rings. The Labute approximate surface area is 132 Å². The van der Waals surface area contributed by atoms with Crippen molar-refractivity contribution >= 4 is 29.0 Å². The zero-order chi connectivity index (χ0) is 15.7. The summed E-state index contributed by atoms with van der Waals surface area (Å²) in [5, 5.41) is 0.674. The van der Waals surface area contributed by atoms with Gasteiger partial charge in [0.25, 0.3) is 0 Å². The maximum absolute atomic E-state index is 12.2. The second-order valence-corrected chi connectivity index (χ2v) is 5.67. The number of nitrogens with zero attached hydrogens (tertiary/aromatic N) is 1. The molecule has 1 aromatic carbocycles. The number of rotatable bonds is 9. The third-order valence-electron chi connectivity index (χ3n) is 3.43. The summed E-state index contributed by atoms with van der Waals surface area (Å²) in [5.41, 5.74) is 0.892. The Hall–Kier alpha value is -1.35. The molecule has 0 aliphatic carbocycles. The minimum absolute atomic E-state index is 0.145. The van der Waals surface area contributed by atoms with E-state index in [9.17, 15) is 9.59 Å². The zero-order valence-electron chi connectivity index (χ0n) is 12.9. The van der Waals surface area contributed by atoms with E-state index in [1.165, 1.54) is 0 Å². The predicted molar refractivity (Wildman–Crippen MR) is 87.9 cm³/mol. The molecule has 21 heavy (non-hydrogen) atoms. The van der Waals surface area contributed by atoms with Gasteiger partial charge in [0, 0.05) is 30.1 Å². The average Bonchev–Trinajstić information content (AvgIpc) is 2.45. The van der Waals surface area contributed by atoms with Gasteiger partial charge in [-0.3, -0.25) is 4.79 Å². The molecule has 0 radical (unpaired) electrons. The minimum atomic E-state index is 0.145. The number of halogens is 1. The van der Waals surface area contributed by atoms with E-state index in [2.05, 4.69) is 0 Å². The van der Waals surface area contributed by atoms with Gasteiger partial charge in [0.15, 0.2) is 0 Å². The van der Waals surface area contributed by atoms with Gasteiger partial charge in [0.05, 0.1) is 0 Å². The summed E-state index contributed by atoms with van der Waals surface area (Å²) < 4.78 is 0. The summed E-state index contributed by atoms with van der Waals surface area (Å²) >= 11 is 5.87. The van der Waals surface area contributed by atoms with Crippen LogP contribution in [0.4, 0.5) is 5.69 Å². The molecule has 0 bridgehead atoms. The topological polar surface area (TPSA) is 37.4 Å². The van der Waals surface area contributed by atoms with Crippen molar-refractivity contribution in [1.29, 1.82) is 0 Å². The third kappa shape index (κ3) is 6.76. The van der Waals surface area contributed by atoms with Gasteiger partial charge >= 0.3 is 0 Å². The van der Waals surface area contributed by atoms with E-state index in [1.54, 1.807) is 24.0 Å². The zero-order valence-corrected chi connectivity index (χ0v) is 13.7. The van der Waals surface area contributed by atoms with Gasteiger partial charge < -0.3 is 9.69 Å². The van der Waals surface area contributed by atoms with Gasteiger partial charge in [-0.1, -0.05) is 24.4 Å². The average molecular weight is 310 g/mol. The first-order valence-corrected chi connectivity index (χ1v) is 7.97. The number of hydrogen-bond donors (Lipinski definition) is 0. The summed E-state index contributed by atoms with van der Waals surface area (Å²) in [5.74, 6) is 0.386. The molecule has 0 aromatic heterocycles. The highest BCUT2D eigenvalue weighted by molar-refractivity contribution is 6.30. The summed E-state index contributed by atoms with van der Waals surface area (Å²) in [4.78, 5) is 24.8. The van der Waals surface area contributed by atoms with Crippen molar-refractivity contribution in [2.24, 2.45) is 0 Å². The van der Waals surface area contributed by atoms with Crippen molar-refractivity contribution in [3.63, 3.8) is 0 Å². The predicted octanol–water partition coefficient (Wildman–Crippen LogP) is 4.62. The van der Waals surface area contributed by atoms with E-state index in [1.807, 2.05) is 19.1 Å². The third-order valence-corrected chi connectivity index (χ3v) is 3.68. The molecule has 0 atom stereocenters. The molecular formula is C17H24ClNO2. The number of anilines is 1. The Kier molecular flexibility index (Phi) is 8.06. The quantitative estimate of drug-likeness (QED) is 0.624. The van der Waals surface area contributed by atoms with Crippen molar-refractivity contribution in [2.75, 3.05) is 11.4 Å². The number of amides is 1. The van der Waals surface area contributed by atoms with Gasteiger partial charge in [0.2, 0.25) is 5.91 Å². The molecule has 0 unspecified atom stereocenters. The highest BCUT2D eigenvalue weighted by Gasteiger charge is 2.13. The molecule has 3 nitrogen and oxygen atoms in total. The lowest BCUT2D eigenvalue weighted by Gasteiger charge is -2.21. The molecule has 0 saturated heterocycles. The smallest absolute Gasteiger partial charge is 0.226 e. The molecule has 0 aliphatic rings. The Balaban J connectivity index is 2.35. The van der Waals surface area contributed by atoms with Gasteiger partial charge in [-0.05, 0) is 51.0 Å². The fourth-order valence-electron chi connectivity index (χ4n) is 2.26. The lowest BCUT2D eigenvalue weighted by molar-refractivity contribution is -0.119. The van der Waals surface area contributed by atoms with Gasteiger partial charge in [0.1, 0.15) is 5.78 Å². The molecule has 0 N–H and O–H groups in total. The Morgan fingerprint density at radius 2 is 1.57 bits per heavy atom. The number of Topliss-reactive ketones (excluding diaryl/α,β-unsaturated/α-hetero) is 1. The summed E-state index contributed by atoms with van der Waals surface area (Å²) in [6, 6.07) is 7.34. The number of carbonyl (C=O) groups excluding carboxylic acids is 2. The van der Waals surface area contributed by atoms with Gasteiger partial charge in [-0.25, -0.2) is 0 Å². The fraction of sp³-hybridized carbons (Fsp3) is 0.529.